The van der Waals surface area contributed by atoms with Crippen LogP contribution < -0.4 is 10.2 Å². The standard InChI is InChI=1S/C14H15N7/c1-2-10-12(19-20-13(10)16-4-1)11-3-5-17-14(18-11)21-8-6-15-7-9-21/h1-5,15H,6-9H2,(H,16,19,20). The van der Waals surface area contributed by atoms with E-state index in [1.807, 2.05) is 18.2 Å². The van der Waals surface area contributed by atoms with Crippen molar-refractivity contribution in [3.05, 3.63) is 30.6 Å². The van der Waals surface area contributed by atoms with Crippen molar-refractivity contribution in [2.24, 2.45) is 0 Å². The molecule has 4 rings (SSSR count). The Morgan fingerprint density at radius 2 is 1.95 bits per heavy atom. The molecule has 1 aliphatic heterocycles. The molecule has 0 aliphatic carbocycles. The van der Waals surface area contributed by atoms with Gasteiger partial charge in [-0.15, -0.1) is 0 Å². The lowest BCUT2D eigenvalue weighted by Crippen LogP contribution is -2.44. The van der Waals surface area contributed by atoms with E-state index in [4.69, 9.17) is 0 Å². The summed E-state index contributed by atoms with van der Waals surface area (Å²) in [4.78, 5) is 15.5. The van der Waals surface area contributed by atoms with Crippen molar-refractivity contribution in [2.45, 2.75) is 0 Å². The number of H-pyrrole nitrogens is 1. The molecule has 0 atom stereocenters. The van der Waals surface area contributed by atoms with Crippen LogP contribution in [0.2, 0.25) is 0 Å². The first-order valence-electron chi connectivity index (χ1n) is 7.00. The normalized spacial score (nSPS) is 15.5. The molecule has 0 unspecified atom stereocenters. The van der Waals surface area contributed by atoms with Crippen LogP contribution in [0.1, 0.15) is 0 Å². The van der Waals surface area contributed by atoms with Crippen LogP contribution in [0.4, 0.5) is 5.95 Å². The number of piperazine rings is 1. The van der Waals surface area contributed by atoms with Crippen molar-refractivity contribution < 1.29 is 0 Å². The smallest absolute Gasteiger partial charge is 0.225 e. The number of aromatic nitrogens is 5. The van der Waals surface area contributed by atoms with E-state index in [1.54, 1.807) is 12.4 Å². The summed E-state index contributed by atoms with van der Waals surface area (Å²) in [5.41, 5.74) is 2.43. The highest BCUT2D eigenvalue weighted by Crippen LogP contribution is 2.24. The van der Waals surface area contributed by atoms with E-state index in [1.165, 1.54) is 0 Å². The van der Waals surface area contributed by atoms with Crippen molar-refractivity contribution in [3.63, 3.8) is 0 Å². The SMILES string of the molecule is c1cnc2n[nH]c(-c3ccnc(N4CCNCC4)n3)c2c1. The second kappa shape index (κ2) is 5.10. The lowest BCUT2D eigenvalue weighted by atomic mass is 10.2. The third-order valence-corrected chi connectivity index (χ3v) is 3.63. The highest BCUT2D eigenvalue weighted by atomic mass is 15.3. The maximum atomic E-state index is 4.68. The molecule has 0 aromatic carbocycles. The van der Waals surface area contributed by atoms with Crippen molar-refractivity contribution in [3.8, 4) is 11.4 Å². The van der Waals surface area contributed by atoms with E-state index in [0.717, 1.165) is 48.9 Å². The monoisotopic (exact) mass is 281 g/mol. The number of nitrogens with zero attached hydrogens (tertiary/aromatic N) is 5. The fraction of sp³-hybridized carbons (Fsp3) is 0.286. The molecule has 3 aromatic rings. The van der Waals surface area contributed by atoms with Gasteiger partial charge in [0.25, 0.3) is 0 Å². The van der Waals surface area contributed by atoms with Crippen molar-refractivity contribution in [1.82, 2.24) is 30.5 Å². The molecule has 3 aromatic heterocycles. The van der Waals surface area contributed by atoms with Gasteiger partial charge in [0.1, 0.15) is 0 Å². The minimum absolute atomic E-state index is 0.704. The molecule has 1 aliphatic rings. The molecular weight excluding hydrogens is 266 g/mol. The van der Waals surface area contributed by atoms with Gasteiger partial charge in [-0.3, -0.25) is 5.10 Å². The van der Waals surface area contributed by atoms with Crippen LogP contribution in [0.5, 0.6) is 0 Å². The topological polar surface area (TPSA) is 82.6 Å². The van der Waals surface area contributed by atoms with Gasteiger partial charge < -0.3 is 10.2 Å². The summed E-state index contributed by atoms with van der Waals surface area (Å²) in [5.74, 6) is 0.764. The highest BCUT2D eigenvalue weighted by molar-refractivity contribution is 5.89. The number of hydrogen-bond donors (Lipinski definition) is 2. The number of aromatic amines is 1. The van der Waals surface area contributed by atoms with Gasteiger partial charge in [0.2, 0.25) is 5.95 Å². The minimum atomic E-state index is 0.704. The summed E-state index contributed by atoms with van der Waals surface area (Å²) < 4.78 is 0. The largest absolute Gasteiger partial charge is 0.338 e. The van der Waals surface area contributed by atoms with Crippen molar-refractivity contribution in [1.29, 1.82) is 0 Å². The molecule has 106 valence electrons. The van der Waals surface area contributed by atoms with Crippen LogP contribution in [0.25, 0.3) is 22.4 Å². The Balaban J connectivity index is 1.75. The zero-order chi connectivity index (χ0) is 14.1. The molecule has 1 saturated heterocycles. The molecule has 7 nitrogen and oxygen atoms in total. The van der Waals surface area contributed by atoms with E-state index in [-0.39, 0.29) is 0 Å². The molecule has 0 radical (unpaired) electrons. The predicted molar refractivity (Wildman–Crippen MR) is 80.0 cm³/mol. The molecule has 21 heavy (non-hydrogen) atoms. The Kier molecular flexibility index (Phi) is 2.97. The molecule has 0 bridgehead atoms. The Morgan fingerprint density at radius 3 is 2.86 bits per heavy atom. The summed E-state index contributed by atoms with van der Waals surface area (Å²) in [6.45, 7) is 3.78. The third-order valence-electron chi connectivity index (χ3n) is 3.63. The molecule has 7 heteroatoms. The number of anilines is 1. The van der Waals surface area contributed by atoms with E-state index in [0.29, 0.717) is 5.65 Å². The Morgan fingerprint density at radius 1 is 1.05 bits per heavy atom. The molecular formula is C14H15N7. The van der Waals surface area contributed by atoms with Crippen molar-refractivity contribution >= 4 is 17.0 Å². The van der Waals surface area contributed by atoms with Gasteiger partial charge in [-0.25, -0.2) is 15.0 Å². The predicted octanol–water partition coefficient (Wildman–Crippen LogP) is 0.824. The minimum Gasteiger partial charge on any atom is -0.338 e. The van der Waals surface area contributed by atoms with Crippen LogP contribution >= 0.6 is 0 Å². The number of hydrogen-bond acceptors (Lipinski definition) is 6. The van der Waals surface area contributed by atoms with Crippen molar-refractivity contribution in [2.75, 3.05) is 31.1 Å². The number of fused-ring (bicyclic) bond motifs is 1. The van der Waals surface area contributed by atoms with Gasteiger partial charge in [-0.1, -0.05) is 0 Å². The second-order valence-electron chi connectivity index (χ2n) is 4.95. The van der Waals surface area contributed by atoms with Gasteiger partial charge in [-0.05, 0) is 18.2 Å². The summed E-state index contributed by atoms with van der Waals surface area (Å²) in [6, 6.07) is 5.79. The maximum absolute atomic E-state index is 4.68. The lowest BCUT2D eigenvalue weighted by Gasteiger charge is -2.27. The van der Waals surface area contributed by atoms with Crippen LogP contribution in [0.15, 0.2) is 30.6 Å². The Labute approximate surface area is 121 Å². The summed E-state index contributed by atoms with van der Waals surface area (Å²) in [7, 11) is 0. The summed E-state index contributed by atoms with van der Waals surface area (Å²) in [5, 5.41) is 11.5. The van der Waals surface area contributed by atoms with E-state index in [2.05, 4.69) is 35.4 Å². The van der Waals surface area contributed by atoms with Gasteiger partial charge in [0.15, 0.2) is 5.65 Å². The summed E-state index contributed by atoms with van der Waals surface area (Å²) in [6.07, 6.45) is 3.53. The Hall–Kier alpha value is -2.54. The van der Waals surface area contributed by atoms with E-state index >= 15 is 0 Å². The van der Waals surface area contributed by atoms with E-state index in [9.17, 15) is 0 Å². The number of rotatable bonds is 2. The zero-order valence-electron chi connectivity index (χ0n) is 11.5. The first-order chi connectivity index (χ1) is 10.4. The first-order valence-corrected chi connectivity index (χ1v) is 7.00. The van der Waals surface area contributed by atoms with Crippen LogP contribution in [-0.2, 0) is 0 Å². The first kappa shape index (κ1) is 12.2. The van der Waals surface area contributed by atoms with E-state index < -0.39 is 0 Å². The second-order valence-corrected chi connectivity index (χ2v) is 4.95. The van der Waals surface area contributed by atoms with Gasteiger partial charge in [-0.2, -0.15) is 5.10 Å². The molecule has 0 saturated carbocycles. The maximum Gasteiger partial charge on any atom is 0.225 e. The zero-order valence-corrected chi connectivity index (χ0v) is 11.5. The van der Waals surface area contributed by atoms with Crippen LogP contribution in [0, 0.1) is 0 Å². The van der Waals surface area contributed by atoms with Gasteiger partial charge in [0, 0.05) is 44.0 Å². The average Bonchev–Trinajstić information content (AvgIpc) is 3.00. The summed E-state index contributed by atoms with van der Waals surface area (Å²) >= 11 is 0. The van der Waals surface area contributed by atoms with Crippen LogP contribution in [0.3, 0.4) is 0 Å². The molecule has 1 fully saturated rings. The van der Waals surface area contributed by atoms with Crippen LogP contribution in [-0.4, -0.2) is 51.3 Å². The number of pyridine rings is 1. The fourth-order valence-corrected chi connectivity index (χ4v) is 2.55. The average molecular weight is 281 g/mol. The van der Waals surface area contributed by atoms with Gasteiger partial charge >= 0.3 is 0 Å². The molecule has 4 heterocycles. The molecule has 0 spiro atoms. The Bertz CT molecular complexity index is 761. The fourth-order valence-electron chi connectivity index (χ4n) is 2.55. The molecule has 0 amide bonds. The van der Waals surface area contributed by atoms with Gasteiger partial charge in [0.05, 0.1) is 11.4 Å². The number of nitrogens with one attached hydrogen (secondary N) is 2. The highest BCUT2D eigenvalue weighted by Gasteiger charge is 2.15. The quantitative estimate of drug-likeness (QED) is 0.724. The molecule has 2 N–H and O–H groups in total. The lowest BCUT2D eigenvalue weighted by molar-refractivity contribution is 0.580. The third kappa shape index (κ3) is 2.21.